The van der Waals surface area contributed by atoms with Crippen LogP contribution in [0.2, 0.25) is 5.28 Å². The number of ether oxygens (including phenoxy) is 3. The number of hydrogen-bond donors (Lipinski definition) is 1. The van der Waals surface area contributed by atoms with E-state index in [4.69, 9.17) is 31.5 Å². The largest absolute Gasteiger partial charge is 0.493 e. The molecule has 0 aliphatic carbocycles. The summed E-state index contributed by atoms with van der Waals surface area (Å²) < 4.78 is 17.9. The first-order valence-electron chi connectivity index (χ1n) is 8.50. The predicted octanol–water partition coefficient (Wildman–Crippen LogP) is 3.14. The van der Waals surface area contributed by atoms with Crippen molar-refractivity contribution in [3.8, 4) is 34.6 Å². The molecule has 0 unspecified atom stereocenters. The van der Waals surface area contributed by atoms with Crippen LogP contribution >= 0.6 is 11.6 Å². The summed E-state index contributed by atoms with van der Waals surface area (Å²) in [6.07, 6.45) is 1.37. The van der Waals surface area contributed by atoms with E-state index in [1.807, 2.05) is 24.3 Å². The molecule has 0 aliphatic rings. The van der Waals surface area contributed by atoms with E-state index in [1.54, 1.807) is 10.6 Å². The summed E-state index contributed by atoms with van der Waals surface area (Å²) in [7, 11) is 4.53. The number of nitrogen functional groups attached to an aromatic ring is 1. The molecule has 0 amide bonds. The summed E-state index contributed by atoms with van der Waals surface area (Å²) in [6, 6.07) is 9.12. The number of imidazole rings is 1. The Bertz CT molecular complexity index is 1210. The normalized spacial score (nSPS) is 10.9. The van der Waals surface area contributed by atoms with E-state index < -0.39 is 0 Å². The van der Waals surface area contributed by atoms with Gasteiger partial charge < -0.3 is 19.9 Å². The highest BCUT2D eigenvalue weighted by Crippen LogP contribution is 2.47. The first-order chi connectivity index (χ1) is 14.1. The number of rotatable bonds is 5. The molecule has 0 saturated carbocycles. The molecule has 2 N–H and O–H groups in total. The zero-order chi connectivity index (χ0) is 20.5. The lowest BCUT2D eigenvalue weighted by Crippen LogP contribution is -2.06. The Morgan fingerprint density at radius 2 is 1.72 bits per heavy atom. The van der Waals surface area contributed by atoms with Gasteiger partial charge in [0.25, 0.3) is 0 Å². The Labute approximate surface area is 171 Å². The maximum atomic E-state index is 6.34. The van der Waals surface area contributed by atoms with E-state index in [0.29, 0.717) is 40.3 Å². The fraction of sp³-hybridized carbons (Fsp3) is 0.158. The highest BCUT2D eigenvalue weighted by Gasteiger charge is 2.23. The van der Waals surface area contributed by atoms with Gasteiger partial charge in [-0.1, -0.05) is 12.1 Å². The molecule has 2 aromatic carbocycles. The van der Waals surface area contributed by atoms with Crippen molar-refractivity contribution in [3.63, 3.8) is 0 Å². The van der Waals surface area contributed by atoms with E-state index in [9.17, 15) is 0 Å². The first-order valence-corrected chi connectivity index (χ1v) is 8.88. The Balaban J connectivity index is 1.94. The third-order valence-electron chi connectivity index (χ3n) is 4.36. The molecule has 0 fully saturated rings. The van der Waals surface area contributed by atoms with Crippen molar-refractivity contribution in [2.75, 3.05) is 27.1 Å². The lowest BCUT2D eigenvalue weighted by Gasteiger charge is -2.17. The summed E-state index contributed by atoms with van der Waals surface area (Å²) in [4.78, 5) is 17.4. The first kappa shape index (κ1) is 18.8. The third-order valence-corrected chi connectivity index (χ3v) is 4.62. The smallest absolute Gasteiger partial charge is 0.240 e. The molecule has 2 heterocycles. The highest BCUT2D eigenvalue weighted by molar-refractivity contribution is 6.29. The number of para-hydroxylation sites is 2. The number of halogens is 1. The molecule has 148 valence electrons. The van der Waals surface area contributed by atoms with Crippen molar-refractivity contribution in [1.29, 1.82) is 0 Å². The van der Waals surface area contributed by atoms with E-state index in [0.717, 1.165) is 11.0 Å². The molecular formula is C19H17ClN6O3. The molecule has 9 nitrogen and oxygen atoms in total. The van der Waals surface area contributed by atoms with Crippen LogP contribution in [0.1, 0.15) is 0 Å². The van der Waals surface area contributed by atoms with Gasteiger partial charge in [-0.3, -0.25) is 4.57 Å². The lowest BCUT2D eigenvalue weighted by atomic mass is 10.1. The molecule has 0 aliphatic heterocycles. The molecule has 2 aromatic heterocycles. The molecule has 0 spiro atoms. The minimum absolute atomic E-state index is 0.232. The van der Waals surface area contributed by atoms with Crippen molar-refractivity contribution in [2.45, 2.75) is 0 Å². The molecule has 0 saturated heterocycles. The Kier molecular flexibility index (Phi) is 4.81. The summed E-state index contributed by atoms with van der Waals surface area (Å²) in [5.74, 6) is 1.75. The molecular weight excluding hydrogens is 396 g/mol. The predicted molar refractivity (Wildman–Crippen MR) is 109 cm³/mol. The average molecular weight is 413 g/mol. The summed E-state index contributed by atoms with van der Waals surface area (Å²) >= 11 is 6.34. The van der Waals surface area contributed by atoms with Gasteiger partial charge in [-0.05, 0) is 23.7 Å². The number of anilines is 1. The molecule has 0 bridgehead atoms. The SMILES string of the molecule is COc1cc(N)c(-c2ncnc(-n3c(Cl)nc4ccccc43)n2)c(OC)c1OC. The molecule has 0 radical (unpaired) electrons. The van der Waals surface area contributed by atoms with Gasteiger partial charge in [0.1, 0.15) is 6.33 Å². The number of benzene rings is 2. The number of nitrogens with zero attached hydrogens (tertiary/aromatic N) is 5. The van der Waals surface area contributed by atoms with Crippen LogP contribution in [0.3, 0.4) is 0 Å². The second kappa shape index (κ2) is 7.44. The van der Waals surface area contributed by atoms with Crippen molar-refractivity contribution in [2.24, 2.45) is 0 Å². The quantitative estimate of drug-likeness (QED) is 0.498. The molecule has 4 rings (SSSR count). The Hall–Kier alpha value is -3.59. The topological polar surface area (TPSA) is 110 Å². The van der Waals surface area contributed by atoms with Gasteiger partial charge in [0.05, 0.1) is 43.6 Å². The standard InChI is InChI=1S/C19H17ClN6O3/c1-27-13-8-10(21)14(16(29-3)15(13)28-2)17-22-9-23-19(25-17)26-12-7-5-4-6-11(12)24-18(26)20/h4-9H,21H2,1-3H3. The van der Waals surface area contributed by atoms with E-state index in [2.05, 4.69) is 19.9 Å². The van der Waals surface area contributed by atoms with Gasteiger partial charge in [-0.15, -0.1) is 0 Å². The second-order valence-electron chi connectivity index (χ2n) is 5.92. The van der Waals surface area contributed by atoms with Crippen molar-refractivity contribution in [1.82, 2.24) is 24.5 Å². The molecule has 29 heavy (non-hydrogen) atoms. The Morgan fingerprint density at radius 1 is 0.966 bits per heavy atom. The number of hydrogen-bond acceptors (Lipinski definition) is 8. The fourth-order valence-corrected chi connectivity index (χ4v) is 3.37. The van der Waals surface area contributed by atoms with Crippen LogP contribution in [0.15, 0.2) is 36.7 Å². The molecule has 0 atom stereocenters. The van der Waals surface area contributed by atoms with E-state index in [-0.39, 0.29) is 5.28 Å². The van der Waals surface area contributed by atoms with Gasteiger partial charge in [0, 0.05) is 6.07 Å². The van der Waals surface area contributed by atoms with E-state index >= 15 is 0 Å². The lowest BCUT2D eigenvalue weighted by molar-refractivity contribution is 0.325. The van der Waals surface area contributed by atoms with Crippen LogP contribution in [0, 0.1) is 0 Å². The van der Waals surface area contributed by atoms with Crippen molar-refractivity contribution >= 4 is 28.3 Å². The second-order valence-corrected chi connectivity index (χ2v) is 6.26. The monoisotopic (exact) mass is 412 g/mol. The van der Waals surface area contributed by atoms with Crippen LogP contribution in [0.5, 0.6) is 17.2 Å². The van der Waals surface area contributed by atoms with Gasteiger partial charge in [0.2, 0.25) is 17.0 Å². The van der Waals surface area contributed by atoms with Crippen LogP contribution in [0.25, 0.3) is 28.4 Å². The average Bonchev–Trinajstić information content (AvgIpc) is 3.08. The van der Waals surface area contributed by atoms with Gasteiger partial charge in [-0.2, -0.15) is 4.98 Å². The zero-order valence-electron chi connectivity index (χ0n) is 15.9. The highest BCUT2D eigenvalue weighted by atomic mass is 35.5. The number of aromatic nitrogens is 5. The van der Waals surface area contributed by atoms with Crippen LogP contribution in [0.4, 0.5) is 5.69 Å². The molecule has 10 heteroatoms. The number of nitrogens with two attached hydrogens (primary N) is 1. The van der Waals surface area contributed by atoms with Gasteiger partial charge >= 0.3 is 0 Å². The summed E-state index contributed by atoms with van der Waals surface area (Å²) in [5, 5.41) is 0.232. The Morgan fingerprint density at radius 3 is 2.45 bits per heavy atom. The summed E-state index contributed by atoms with van der Waals surface area (Å²) in [5.41, 5.74) is 8.56. The van der Waals surface area contributed by atoms with Gasteiger partial charge in [0.15, 0.2) is 17.3 Å². The fourth-order valence-electron chi connectivity index (χ4n) is 3.11. The van der Waals surface area contributed by atoms with E-state index in [1.165, 1.54) is 27.7 Å². The maximum absolute atomic E-state index is 6.34. The number of methoxy groups -OCH3 is 3. The zero-order valence-corrected chi connectivity index (χ0v) is 16.6. The van der Waals surface area contributed by atoms with Crippen LogP contribution < -0.4 is 19.9 Å². The van der Waals surface area contributed by atoms with Gasteiger partial charge in [-0.25, -0.2) is 15.0 Å². The van der Waals surface area contributed by atoms with Crippen LogP contribution in [-0.2, 0) is 0 Å². The minimum atomic E-state index is 0.232. The maximum Gasteiger partial charge on any atom is 0.240 e. The third kappa shape index (κ3) is 3.05. The minimum Gasteiger partial charge on any atom is -0.493 e. The van der Waals surface area contributed by atoms with Crippen LogP contribution in [-0.4, -0.2) is 45.8 Å². The van der Waals surface area contributed by atoms with Crippen molar-refractivity contribution in [3.05, 3.63) is 41.9 Å². The summed E-state index contributed by atoms with van der Waals surface area (Å²) in [6.45, 7) is 0. The molecule has 4 aromatic rings. The number of fused-ring (bicyclic) bond motifs is 1. The van der Waals surface area contributed by atoms with Crippen molar-refractivity contribution < 1.29 is 14.2 Å².